The zero-order valence-corrected chi connectivity index (χ0v) is 14.5. The van der Waals surface area contributed by atoms with E-state index in [1.807, 2.05) is 6.07 Å². The maximum Gasteiger partial charge on any atom is 0.308 e. The van der Waals surface area contributed by atoms with Gasteiger partial charge in [-0.3, -0.25) is 14.4 Å². The summed E-state index contributed by atoms with van der Waals surface area (Å²) < 4.78 is 5.38. The summed E-state index contributed by atoms with van der Waals surface area (Å²) in [6.07, 6.45) is 1.47. The molecule has 2 amide bonds. The number of hydrogen-bond donors (Lipinski definition) is 2. The number of rotatable bonds is 6. The molecule has 0 aliphatic carbocycles. The molecule has 0 bridgehead atoms. The molecule has 0 unspecified atom stereocenters. The Labute approximate surface area is 147 Å². The second-order valence-corrected chi connectivity index (χ2v) is 6.20. The Morgan fingerprint density at radius 1 is 1.36 bits per heavy atom. The third-order valence-electron chi connectivity index (χ3n) is 4.53. The summed E-state index contributed by atoms with van der Waals surface area (Å²) in [5, 5.41) is 11.7. The van der Waals surface area contributed by atoms with Crippen molar-refractivity contribution in [3.8, 4) is 5.75 Å². The number of hydrogen-bond acceptors (Lipinski definition) is 4. The number of likely N-dealkylation sites (tertiary alicyclic amines) is 1. The van der Waals surface area contributed by atoms with E-state index in [-0.39, 0.29) is 30.9 Å². The molecule has 0 aromatic heterocycles. The molecule has 0 spiro atoms. The van der Waals surface area contributed by atoms with Crippen LogP contribution in [0.4, 0.5) is 0 Å². The van der Waals surface area contributed by atoms with E-state index in [4.69, 9.17) is 4.74 Å². The first-order valence-corrected chi connectivity index (χ1v) is 8.37. The minimum atomic E-state index is -0.852. The highest BCUT2D eigenvalue weighted by Crippen LogP contribution is 2.25. The lowest BCUT2D eigenvalue weighted by Crippen LogP contribution is -2.49. The van der Waals surface area contributed by atoms with Crippen molar-refractivity contribution in [1.82, 2.24) is 10.2 Å². The highest BCUT2D eigenvalue weighted by molar-refractivity contribution is 5.81. The van der Waals surface area contributed by atoms with E-state index in [9.17, 15) is 19.5 Å². The van der Waals surface area contributed by atoms with Crippen LogP contribution in [-0.4, -0.2) is 54.0 Å². The summed E-state index contributed by atoms with van der Waals surface area (Å²) in [7, 11) is 1.53. The molecule has 2 atom stereocenters. The van der Waals surface area contributed by atoms with Gasteiger partial charge in [-0.15, -0.1) is 0 Å². The van der Waals surface area contributed by atoms with E-state index in [0.29, 0.717) is 25.1 Å². The van der Waals surface area contributed by atoms with Gasteiger partial charge in [0, 0.05) is 19.6 Å². The normalized spacial score (nSPS) is 20.0. The summed E-state index contributed by atoms with van der Waals surface area (Å²) in [5.41, 5.74) is 0.768. The predicted molar refractivity (Wildman–Crippen MR) is 91.2 cm³/mol. The Morgan fingerprint density at radius 2 is 2.12 bits per heavy atom. The second kappa shape index (κ2) is 8.50. The smallest absolute Gasteiger partial charge is 0.308 e. The monoisotopic (exact) mass is 348 g/mol. The van der Waals surface area contributed by atoms with Gasteiger partial charge < -0.3 is 20.1 Å². The van der Waals surface area contributed by atoms with Crippen molar-refractivity contribution in [3.05, 3.63) is 29.8 Å². The third kappa shape index (κ3) is 4.95. The number of carboxylic acids is 1. The number of amides is 2. The maximum atomic E-state index is 12.6. The second-order valence-electron chi connectivity index (χ2n) is 6.20. The molecule has 2 N–H and O–H groups in total. The highest BCUT2D eigenvalue weighted by atomic mass is 16.5. The van der Waals surface area contributed by atoms with E-state index in [1.54, 1.807) is 30.0 Å². The third-order valence-corrected chi connectivity index (χ3v) is 4.53. The van der Waals surface area contributed by atoms with Gasteiger partial charge in [0.1, 0.15) is 5.75 Å². The summed E-state index contributed by atoms with van der Waals surface area (Å²) in [4.78, 5) is 36.8. The van der Waals surface area contributed by atoms with E-state index in [2.05, 4.69) is 5.32 Å². The van der Waals surface area contributed by atoms with E-state index in [1.165, 1.54) is 7.05 Å². The molecule has 1 aliphatic rings. The van der Waals surface area contributed by atoms with Crippen LogP contribution in [0.3, 0.4) is 0 Å². The zero-order valence-electron chi connectivity index (χ0n) is 14.5. The summed E-state index contributed by atoms with van der Waals surface area (Å²) in [6.45, 7) is 2.28. The molecule has 1 heterocycles. The quantitative estimate of drug-likeness (QED) is 0.802. The summed E-state index contributed by atoms with van der Waals surface area (Å²) in [6, 6.07) is 6.71. The Balaban J connectivity index is 2.00. The van der Waals surface area contributed by atoms with Gasteiger partial charge in [-0.2, -0.15) is 0 Å². The van der Waals surface area contributed by atoms with Crippen molar-refractivity contribution in [1.29, 1.82) is 0 Å². The molecule has 136 valence electrons. The van der Waals surface area contributed by atoms with Gasteiger partial charge in [0.2, 0.25) is 5.91 Å². The molecule has 25 heavy (non-hydrogen) atoms. The average molecular weight is 348 g/mol. The molecule has 1 saturated heterocycles. The predicted octanol–water partition coefficient (Wildman–Crippen LogP) is 1.07. The first kappa shape index (κ1) is 18.8. The van der Waals surface area contributed by atoms with Gasteiger partial charge in [-0.1, -0.05) is 12.1 Å². The van der Waals surface area contributed by atoms with Crippen LogP contribution < -0.4 is 10.1 Å². The SMILES string of the molecule is CNC(=O)COc1cccc(CC(=O)N2CCC[C@H](C(=O)O)[C@@H]2C)c1. The number of nitrogens with zero attached hydrogens (tertiary/aromatic N) is 1. The number of ether oxygens (including phenoxy) is 1. The van der Waals surface area contributed by atoms with Crippen LogP contribution in [0.1, 0.15) is 25.3 Å². The molecule has 1 aromatic rings. The average Bonchev–Trinajstić information content (AvgIpc) is 2.59. The van der Waals surface area contributed by atoms with Gasteiger partial charge in [0.05, 0.1) is 12.3 Å². The maximum absolute atomic E-state index is 12.6. The van der Waals surface area contributed by atoms with Crippen molar-refractivity contribution >= 4 is 17.8 Å². The molecule has 1 aliphatic heterocycles. The number of nitrogens with one attached hydrogen (secondary N) is 1. The molecule has 2 rings (SSSR count). The Hall–Kier alpha value is -2.57. The van der Waals surface area contributed by atoms with Crippen LogP contribution in [-0.2, 0) is 20.8 Å². The molecule has 0 saturated carbocycles. The Bertz CT molecular complexity index is 646. The Kier molecular flexibility index (Phi) is 6.38. The van der Waals surface area contributed by atoms with Crippen molar-refractivity contribution in [2.45, 2.75) is 32.2 Å². The van der Waals surface area contributed by atoms with Crippen LogP contribution in [0.2, 0.25) is 0 Å². The molecule has 0 radical (unpaired) electrons. The zero-order chi connectivity index (χ0) is 18.4. The van der Waals surface area contributed by atoms with Crippen molar-refractivity contribution in [2.24, 2.45) is 5.92 Å². The van der Waals surface area contributed by atoms with Gasteiger partial charge in [0.25, 0.3) is 5.91 Å². The highest BCUT2D eigenvalue weighted by Gasteiger charge is 2.35. The number of piperidine rings is 1. The Morgan fingerprint density at radius 3 is 2.80 bits per heavy atom. The number of carboxylic acid groups (broad SMARTS) is 1. The summed E-state index contributed by atoms with van der Waals surface area (Å²) in [5.74, 6) is -1.18. The standard InChI is InChI=1S/C18H24N2O5/c1-12-15(18(23)24)7-4-8-20(12)17(22)10-13-5-3-6-14(9-13)25-11-16(21)19-2/h3,5-6,9,12,15H,4,7-8,10-11H2,1-2H3,(H,19,21)(H,23,24)/t12-,15-/m0/s1. The fourth-order valence-electron chi connectivity index (χ4n) is 3.07. The number of benzene rings is 1. The van der Waals surface area contributed by atoms with Crippen molar-refractivity contribution in [2.75, 3.05) is 20.2 Å². The van der Waals surface area contributed by atoms with Crippen LogP contribution in [0.15, 0.2) is 24.3 Å². The van der Waals surface area contributed by atoms with E-state index >= 15 is 0 Å². The minimum Gasteiger partial charge on any atom is -0.484 e. The summed E-state index contributed by atoms with van der Waals surface area (Å²) >= 11 is 0. The number of likely N-dealkylation sites (N-methyl/N-ethyl adjacent to an activating group) is 1. The molecular formula is C18H24N2O5. The lowest BCUT2D eigenvalue weighted by Gasteiger charge is -2.37. The van der Waals surface area contributed by atoms with E-state index in [0.717, 1.165) is 5.56 Å². The van der Waals surface area contributed by atoms with Gasteiger partial charge in [-0.25, -0.2) is 0 Å². The largest absolute Gasteiger partial charge is 0.484 e. The topological polar surface area (TPSA) is 95.9 Å². The first-order chi connectivity index (χ1) is 11.9. The van der Waals surface area contributed by atoms with Gasteiger partial charge in [-0.05, 0) is 37.5 Å². The molecular weight excluding hydrogens is 324 g/mol. The van der Waals surface area contributed by atoms with Crippen molar-refractivity contribution in [3.63, 3.8) is 0 Å². The number of aliphatic carboxylic acids is 1. The fourth-order valence-corrected chi connectivity index (χ4v) is 3.07. The van der Waals surface area contributed by atoms with Crippen LogP contribution in [0.5, 0.6) is 5.75 Å². The van der Waals surface area contributed by atoms with Crippen molar-refractivity contribution < 1.29 is 24.2 Å². The fraction of sp³-hybridized carbons (Fsp3) is 0.500. The molecule has 7 nitrogen and oxygen atoms in total. The minimum absolute atomic E-state index is 0.0860. The molecule has 1 aromatic carbocycles. The van der Waals surface area contributed by atoms with E-state index < -0.39 is 11.9 Å². The number of carbonyl (C=O) groups excluding carboxylic acids is 2. The lowest BCUT2D eigenvalue weighted by atomic mass is 9.90. The van der Waals surface area contributed by atoms with Gasteiger partial charge >= 0.3 is 5.97 Å². The molecule has 7 heteroatoms. The molecule has 1 fully saturated rings. The first-order valence-electron chi connectivity index (χ1n) is 8.37. The van der Waals surface area contributed by atoms with Gasteiger partial charge in [0.15, 0.2) is 6.61 Å². The number of carbonyl (C=O) groups is 3. The van der Waals surface area contributed by atoms with Crippen LogP contribution in [0, 0.1) is 5.92 Å². The lowest BCUT2D eigenvalue weighted by molar-refractivity contribution is -0.148. The van der Waals surface area contributed by atoms with Crippen LogP contribution >= 0.6 is 0 Å². The van der Waals surface area contributed by atoms with Crippen LogP contribution in [0.25, 0.3) is 0 Å².